The Kier molecular flexibility index (Phi) is 11.3. The maximum absolute atomic E-state index is 15.0. The summed E-state index contributed by atoms with van der Waals surface area (Å²) in [6.07, 6.45) is 1.17. The fourth-order valence-corrected chi connectivity index (χ4v) is 4.23. The van der Waals surface area contributed by atoms with Gasteiger partial charge in [0.2, 0.25) is 17.5 Å². The van der Waals surface area contributed by atoms with E-state index in [9.17, 15) is 18.0 Å². The lowest BCUT2D eigenvalue weighted by Crippen LogP contribution is -2.01. The van der Waals surface area contributed by atoms with E-state index >= 15 is 0 Å². The summed E-state index contributed by atoms with van der Waals surface area (Å²) in [5.74, 6) is -0.551. The Hall–Kier alpha value is -4.42. The molecule has 1 saturated heterocycles. The molecular weight excluding hydrogens is 599 g/mol. The first kappa shape index (κ1) is 32.5. The van der Waals surface area contributed by atoms with Crippen LogP contribution < -0.4 is 10.3 Å². The van der Waals surface area contributed by atoms with Gasteiger partial charge in [-0.3, -0.25) is 9.89 Å². The third-order valence-electron chi connectivity index (χ3n) is 6.32. The van der Waals surface area contributed by atoms with Gasteiger partial charge in [-0.1, -0.05) is 44.5 Å². The molecule has 0 radical (unpaired) electrons. The highest BCUT2D eigenvalue weighted by Crippen LogP contribution is 2.27. The molecule has 0 saturated carbocycles. The van der Waals surface area contributed by atoms with Crippen LogP contribution in [-0.4, -0.2) is 38.5 Å². The van der Waals surface area contributed by atoms with Crippen LogP contribution in [-0.2, 0) is 17.8 Å². The maximum atomic E-state index is 15.0. The van der Waals surface area contributed by atoms with Crippen molar-refractivity contribution in [2.75, 3.05) is 13.2 Å². The normalized spacial score (nSPS) is 13.9. The Labute approximate surface area is 256 Å². The van der Waals surface area contributed by atoms with Crippen LogP contribution in [0.5, 0.6) is 5.88 Å². The summed E-state index contributed by atoms with van der Waals surface area (Å²) in [6.45, 7) is 8.06. The average molecular weight is 630 g/mol. The lowest BCUT2D eigenvalue weighted by atomic mass is 10.0. The van der Waals surface area contributed by atoms with Crippen molar-refractivity contribution in [1.29, 1.82) is 0 Å². The first-order valence-electron chi connectivity index (χ1n) is 13.9. The molecule has 3 aromatic heterocycles. The highest BCUT2D eigenvalue weighted by molar-refractivity contribution is 6.30. The van der Waals surface area contributed by atoms with E-state index in [0.29, 0.717) is 0 Å². The van der Waals surface area contributed by atoms with Gasteiger partial charge in [0.05, 0.1) is 11.8 Å². The number of aromatic amines is 2. The fraction of sp³-hybridized carbons (Fsp3) is 0.290. The van der Waals surface area contributed by atoms with Crippen LogP contribution in [0.1, 0.15) is 44.1 Å². The Morgan fingerprint density at radius 1 is 1.00 bits per heavy atom. The van der Waals surface area contributed by atoms with Crippen LogP contribution in [0.15, 0.2) is 63.9 Å². The third kappa shape index (κ3) is 8.57. The van der Waals surface area contributed by atoms with Gasteiger partial charge in [-0.2, -0.15) is 5.16 Å². The number of pyridine rings is 1. The predicted molar refractivity (Wildman–Crippen MR) is 159 cm³/mol. The van der Waals surface area contributed by atoms with E-state index in [1.807, 2.05) is 13.8 Å². The highest BCUT2D eigenvalue weighted by Gasteiger charge is 2.17. The van der Waals surface area contributed by atoms with E-state index in [1.54, 1.807) is 6.07 Å². The minimum Gasteiger partial charge on any atom is -0.473 e. The zero-order valence-electron chi connectivity index (χ0n) is 24.3. The fourth-order valence-electron chi connectivity index (χ4n) is 4.07. The number of H-pyrrole nitrogens is 2. The second kappa shape index (κ2) is 15.3. The molecule has 1 aliphatic heterocycles. The molecule has 0 amide bonds. The number of nitrogens with zero attached hydrogens (tertiary/aromatic N) is 3. The number of benzene rings is 2. The Morgan fingerprint density at radius 2 is 1.80 bits per heavy atom. The number of aromatic nitrogens is 5. The second-order valence-corrected chi connectivity index (χ2v) is 10.1. The molecule has 232 valence electrons. The highest BCUT2D eigenvalue weighted by atomic mass is 35.5. The van der Waals surface area contributed by atoms with Crippen LogP contribution in [0.2, 0.25) is 5.02 Å². The predicted octanol–water partition coefficient (Wildman–Crippen LogP) is 7.12. The lowest BCUT2D eigenvalue weighted by Gasteiger charge is -2.10. The summed E-state index contributed by atoms with van der Waals surface area (Å²) >= 11 is 5.75. The monoisotopic (exact) mass is 629 g/mol. The first-order chi connectivity index (χ1) is 21.2. The van der Waals surface area contributed by atoms with E-state index in [2.05, 4.69) is 32.2 Å². The molecule has 1 atom stereocenters. The van der Waals surface area contributed by atoms with Gasteiger partial charge in [-0.25, -0.2) is 23.1 Å². The van der Waals surface area contributed by atoms with E-state index in [0.717, 1.165) is 31.3 Å². The summed E-state index contributed by atoms with van der Waals surface area (Å²) in [6, 6.07) is 12.0. The van der Waals surface area contributed by atoms with Crippen molar-refractivity contribution >= 4 is 11.6 Å². The van der Waals surface area contributed by atoms with E-state index in [1.165, 1.54) is 42.8 Å². The molecule has 1 unspecified atom stereocenters. The van der Waals surface area contributed by atoms with E-state index in [4.69, 9.17) is 25.6 Å². The number of rotatable bonds is 7. The molecule has 1 fully saturated rings. The van der Waals surface area contributed by atoms with Crippen LogP contribution in [0, 0.1) is 23.4 Å². The van der Waals surface area contributed by atoms with Gasteiger partial charge in [-0.05, 0) is 48.2 Å². The maximum Gasteiger partial charge on any atom is 0.280 e. The molecule has 5 aromatic rings. The van der Waals surface area contributed by atoms with Crippen molar-refractivity contribution in [3.8, 4) is 28.7 Å². The van der Waals surface area contributed by atoms with Crippen molar-refractivity contribution in [1.82, 2.24) is 25.3 Å². The van der Waals surface area contributed by atoms with Gasteiger partial charge in [0, 0.05) is 41.9 Å². The number of nitrogens with one attached hydrogen (secondary N) is 2. The first-order valence-corrected chi connectivity index (χ1v) is 14.3. The van der Waals surface area contributed by atoms with Crippen LogP contribution in [0.25, 0.3) is 22.8 Å². The summed E-state index contributed by atoms with van der Waals surface area (Å²) < 4.78 is 59.3. The summed E-state index contributed by atoms with van der Waals surface area (Å²) in [5.41, 5.74) is -0.106. The van der Waals surface area contributed by atoms with Gasteiger partial charge in [0.15, 0.2) is 0 Å². The summed E-state index contributed by atoms with van der Waals surface area (Å²) in [7, 11) is 0. The smallest absolute Gasteiger partial charge is 0.280 e. The SMILES string of the molecule is CC.CC1CCOC1.O=c1cc(-c2n[nH]c(Cc3cc(F)c(-c4cccc(OCc5ccc(Cl)cc5F)n4)cc3F)n2)o[nH]1. The van der Waals surface area contributed by atoms with Gasteiger partial charge in [-0.15, -0.1) is 5.10 Å². The minimum absolute atomic E-state index is 0.0279. The molecule has 6 rings (SSSR count). The van der Waals surface area contributed by atoms with E-state index < -0.39 is 23.0 Å². The molecule has 0 bridgehead atoms. The number of hydrogen-bond acceptors (Lipinski definition) is 7. The zero-order chi connectivity index (χ0) is 31.6. The lowest BCUT2D eigenvalue weighted by molar-refractivity contribution is 0.188. The molecule has 4 heterocycles. The van der Waals surface area contributed by atoms with Gasteiger partial charge in [0.1, 0.15) is 29.9 Å². The Bertz CT molecular complexity index is 1730. The standard InChI is InChI=1S/C24H15ClF3N5O3.C5H10O.C2H6/c25-14-5-4-12(16(26)8-14)11-35-23-3-1-2-19(29-23)15-9-17(27)13(6-18(15)28)7-21-30-24(32-31-21)20-10-22(34)33-36-20;1-5-2-3-6-4-5;1-2/h1-6,8-10H,7,11H2,(H,33,34)(H,30,31,32);5H,2-4H2,1H3;1-2H3. The van der Waals surface area contributed by atoms with Crippen molar-refractivity contribution in [2.45, 2.75) is 40.2 Å². The molecule has 1 aliphatic rings. The molecule has 2 N–H and O–H groups in total. The molecule has 0 aliphatic carbocycles. The van der Waals surface area contributed by atoms with Crippen LogP contribution in [0.3, 0.4) is 0 Å². The quantitative estimate of drug-likeness (QED) is 0.197. The van der Waals surface area contributed by atoms with E-state index in [-0.39, 0.29) is 63.7 Å². The average Bonchev–Trinajstić information content (AvgIpc) is 3.79. The van der Waals surface area contributed by atoms with Gasteiger partial charge < -0.3 is 14.0 Å². The van der Waals surface area contributed by atoms with Gasteiger partial charge >= 0.3 is 0 Å². The number of ether oxygens (including phenoxy) is 2. The number of hydrogen-bond donors (Lipinski definition) is 2. The molecule has 9 nitrogen and oxygen atoms in total. The number of halogens is 4. The van der Waals surface area contributed by atoms with Crippen molar-refractivity contribution in [3.05, 3.63) is 104 Å². The van der Waals surface area contributed by atoms with Crippen LogP contribution in [0.4, 0.5) is 13.2 Å². The third-order valence-corrected chi connectivity index (χ3v) is 6.55. The molecule has 0 spiro atoms. The Morgan fingerprint density at radius 3 is 2.45 bits per heavy atom. The van der Waals surface area contributed by atoms with Crippen molar-refractivity contribution in [2.24, 2.45) is 5.92 Å². The molecular formula is C31H31ClF3N5O4. The second-order valence-electron chi connectivity index (χ2n) is 9.64. The van der Waals surface area contributed by atoms with Gasteiger partial charge in [0.25, 0.3) is 5.56 Å². The zero-order valence-corrected chi connectivity index (χ0v) is 25.1. The Balaban J connectivity index is 0.000000487. The molecule has 13 heteroatoms. The topological polar surface area (TPSA) is 119 Å². The minimum atomic E-state index is -0.712. The summed E-state index contributed by atoms with van der Waals surface area (Å²) in [4.78, 5) is 19.6. The largest absolute Gasteiger partial charge is 0.473 e. The van der Waals surface area contributed by atoms with Crippen molar-refractivity contribution < 1.29 is 27.2 Å². The van der Waals surface area contributed by atoms with Crippen LogP contribution >= 0.6 is 11.6 Å². The molecule has 2 aromatic carbocycles. The summed E-state index contributed by atoms with van der Waals surface area (Å²) in [5, 5.41) is 8.90. The molecule has 44 heavy (non-hydrogen) atoms. The van der Waals surface area contributed by atoms with Crippen molar-refractivity contribution in [3.63, 3.8) is 0 Å².